The lowest BCUT2D eigenvalue weighted by molar-refractivity contribution is -0.134. The highest BCUT2D eigenvalue weighted by Crippen LogP contribution is 2.23. The van der Waals surface area contributed by atoms with Gasteiger partial charge in [0.1, 0.15) is 0 Å². The molecule has 0 radical (unpaired) electrons. The number of benzene rings is 1. The Morgan fingerprint density at radius 2 is 2.12 bits per heavy atom. The summed E-state index contributed by atoms with van der Waals surface area (Å²) in [5.74, 6) is -1.85. The van der Waals surface area contributed by atoms with Crippen molar-refractivity contribution in [2.75, 3.05) is 26.7 Å². The van der Waals surface area contributed by atoms with Crippen LogP contribution in [0.3, 0.4) is 0 Å². The highest BCUT2D eigenvalue weighted by atomic mass is 19.2. The van der Waals surface area contributed by atoms with Gasteiger partial charge in [0.05, 0.1) is 12.6 Å². The van der Waals surface area contributed by atoms with Gasteiger partial charge in [-0.25, -0.2) is 8.78 Å². The largest absolute Gasteiger partial charge is 0.396 e. The summed E-state index contributed by atoms with van der Waals surface area (Å²) in [6.07, 6.45) is 3.85. The first kappa shape index (κ1) is 18.8. The van der Waals surface area contributed by atoms with Gasteiger partial charge in [0.25, 0.3) is 0 Å². The van der Waals surface area contributed by atoms with Gasteiger partial charge in [0.15, 0.2) is 11.6 Å². The minimum Gasteiger partial charge on any atom is -0.396 e. The molecule has 0 spiro atoms. The number of rotatable bonds is 6. The number of hydrogen-bond acceptors (Lipinski definition) is 3. The summed E-state index contributed by atoms with van der Waals surface area (Å²) >= 11 is 0. The monoisotopic (exact) mass is 340 g/mol. The topological polar surface area (TPSA) is 43.8 Å². The zero-order chi connectivity index (χ0) is 17.7. The molecule has 1 aromatic carbocycles. The maximum absolute atomic E-state index is 13.4. The van der Waals surface area contributed by atoms with Crippen molar-refractivity contribution in [1.82, 2.24) is 9.80 Å². The van der Waals surface area contributed by atoms with E-state index >= 15 is 0 Å². The Balaban J connectivity index is 2.00. The first-order valence-corrected chi connectivity index (χ1v) is 8.49. The Kier molecular flexibility index (Phi) is 6.69. The molecule has 1 aliphatic heterocycles. The molecule has 2 unspecified atom stereocenters. The molecule has 0 aromatic heterocycles. The first-order chi connectivity index (χ1) is 11.4. The van der Waals surface area contributed by atoms with Gasteiger partial charge in [-0.1, -0.05) is 12.5 Å². The second kappa shape index (κ2) is 8.53. The van der Waals surface area contributed by atoms with Crippen molar-refractivity contribution in [1.29, 1.82) is 0 Å². The number of carbonyl (C=O) groups excluding carboxylic acids is 1. The molecule has 1 amide bonds. The maximum Gasteiger partial charge on any atom is 0.237 e. The molecule has 1 heterocycles. The normalized spacial score (nSPS) is 20.0. The molecule has 6 heteroatoms. The Bertz CT molecular complexity index is 566. The van der Waals surface area contributed by atoms with Crippen molar-refractivity contribution in [2.45, 2.75) is 44.7 Å². The summed E-state index contributed by atoms with van der Waals surface area (Å²) in [6, 6.07) is 3.62. The Morgan fingerprint density at radius 3 is 2.79 bits per heavy atom. The van der Waals surface area contributed by atoms with E-state index in [0.29, 0.717) is 12.0 Å². The lowest BCUT2D eigenvalue weighted by Crippen LogP contribution is -2.46. The molecule has 1 fully saturated rings. The Labute approximate surface area is 142 Å². The fourth-order valence-corrected chi connectivity index (χ4v) is 3.24. The van der Waals surface area contributed by atoms with Crippen molar-refractivity contribution >= 4 is 5.91 Å². The lowest BCUT2D eigenvalue weighted by Gasteiger charge is -2.36. The van der Waals surface area contributed by atoms with E-state index in [9.17, 15) is 18.7 Å². The molecule has 1 aromatic rings. The molecule has 1 aliphatic rings. The number of aliphatic hydroxyl groups is 1. The summed E-state index contributed by atoms with van der Waals surface area (Å²) < 4.78 is 26.5. The summed E-state index contributed by atoms with van der Waals surface area (Å²) in [6.45, 7) is 3.06. The van der Waals surface area contributed by atoms with Crippen LogP contribution in [0.4, 0.5) is 8.78 Å². The van der Waals surface area contributed by atoms with Crippen molar-refractivity contribution in [3.63, 3.8) is 0 Å². The first-order valence-electron chi connectivity index (χ1n) is 8.49. The minimum absolute atomic E-state index is 0.0583. The smallest absolute Gasteiger partial charge is 0.237 e. The van der Waals surface area contributed by atoms with Gasteiger partial charge in [-0.2, -0.15) is 0 Å². The van der Waals surface area contributed by atoms with E-state index in [1.165, 1.54) is 6.07 Å². The maximum atomic E-state index is 13.4. The van der Waals surface area contributed by atoms with Crippen molar-refractivity contribution in [2.24, 2.45) is 0 Å². The van der Waals surface area contributed by atoms with E-state index in [-0.39, 0.29) is 31.1 Å². The third kappa shape index (κ3) is 4.51. The number of nitrogens with zero attached hydrogens (tertiary/aromatic N) is 2. The highest BCUT2D eigenvalue weighted by Gasteiger charge is 2.26. The molecule has 2 rings (SSSR count). The standard InChI is InChI=1S/C18H26F2N2O2/c1-13(14-6-7-16(19)17(20)11-14)21(2)18(24)12-22-9-4-3-5-15(22)8-10-23/h6-7,11,13,15,23H,3-5,8-10,12H2,1-2H3. The van der Waals surface area contributed by atoms with E-state index in [1.54, 1.807) is 18.9 Å². The predicted molar refractivity (Wildman–Crippen MR) is 88.5 cm³/mol. The average molecular weight is 340 g/mol. The summed E-state index contributed by atoms with van der Waals surface area (Å²) in [5, 5.41) is 9.18. The van der Waals surface area contributed by atoms with Gasteiger partial charge in [-0.3, -0.25) is 9.69 Å². The molecular formula is C18H26F2N2O2. The fourth-order valence-electron chi connectivity index (χ4n) is 3.24. The number of aliphatic hydroxyl groups excluding tert-OH is 1. The molecule has 0 bridgehead atoms. The van der Waals surface area contributed by atoms with E-state index < -0.39 is 11.6 Å². The minimum atomic E-state index is -0.903. The fraction of sp³-hybridized carbons (Fsp3) is 0.611. The van der Waals surface area contributed by atoms with Gasteiger partial charge in [0.2, 0.25) is 5.91 Å². The summed E-state index contributed by atoms with van der Waals surface area (Å²) in [4.78, 5) is 16.3. The van der Waals surface area contributed by atoms with Crippen LogP contribution in [-0.2, 0) is 4.79 Å². The van der Waals surface area contributed by atoms with Crippen LogP contribution in [0.15, 0.2) is 18.2 Å². The lowest BCUT2D eigenvalue weighted by atomic mass is 9.99. The Hall–Kier alpha value is -1.53. The second-order valence-electron chi connectivity index (χ2n) is 6.49. The zero-order valence-electron chi connectivity index (χ0n) is 14.3. The number of carbonyl (C=O) groups is 1. The summed E-state index contributed by atoms with van der Waals surface area (Å²) in [7, 11) is 1.68. The van der Waals surface area contributed by atoms with E-state index in [0.717, 1.165) is 37.9 Å². The van der Waals surface area contributed by atoms with Crippen LogP contribution >= 0.6 is 0 Å². The van der Waals surface area contributed by atoms with Gasteiger partial charge in [-0.05, 0) is 50.4 Å². The summed E-state index contributed by atoms with van der Waals surface area (Å²) in [5.41, 5.74) is 0.565. The molecular weight excluding hydrogens is 314 g/mol. The molecule has 0 saturated carbocycles. The van der Waals surface area contributed by atoms with Crippen LogP contribution in [0.1, 0.15) is 44.2 Å². The van der Waals surface area contributed by atoms with Crippen LogP contribution in [0.25, 0.3) is 0 Å². The zero-order valence-corrected chi connectivity index (χ0v) is 14.3. The van der Waals surface area contributed by atoms with Gasteiger partial charge < -0.3 is 10.0 Å². The second-order valence-corrected chi connectivity index (χ2v) is 6.49. The van der Waals surface area contributed by atoms with Gasteiger partial charge in [0, 0.05) is 19.7 Å². The van der Waals surface area contributed by atoms with E-state index in [2.05, 4.69) is 4.90 Å². The third-order valence-corrected chi connectivity index (χ3v) is 4.95. The molecule has 2 atom stereocenters. The van der Waals surface area contributed by atoms with Crippen LogP contribution < -0.4 is 0 Å². The van der Waals surface area contributed by atoms with Gasteiger partial charge in [-0.15, -0.1) is 0 Å². The quantitative estimate of drug-likeness (QED) is 0.866. The van der Waals surface area contributed by atoms with Crippen LogP contribution in [0.5, 0.6) is 0 Å². The number of piperidine rings is 1. The highest BCUT2D eigenvalue weighted by molar-refractivity contribution is 5.78. The molecule has 4 nitrogen and oxygen atoms in total. The SMILES string of the molecule is CC(c1ccc(F)c(F)c1)N(C)C(=O)CN1CCCCC1CCO. The third-order valence-electron chi connectivity index (χ3n) is 4.95. The van der Waals surface area contributed by atoms with E-state index in [1.807, 2.05) is 0 Å². The molecule has 1 saturated heterocycles. The molecule has 0 aliphatic carbocycles. The van der Waals surface area contributed by atoms with E-state index in [4.69, 9.17) is 0 Å². The van der Waals surface area contributed by atoms with Crippen LogP contribution in [0, 0.1) is 11.6 Å². The van der Waals surface area contributed by atoms with Crippen molar-refractivity contribution in [3.8, 4) is 0 Å². The Morgan fingerprint density at radius 1 is 1.38 bits per heavy atom. The molecule has 134 valence electrons. The van der Waals surface area contributed by atoms with Crippen LogP contribution in [0.2, 0.25) is 0 Å². The molecule has 24 heavy (non-hydrogen) atoms. The number of likely N-dealkylation sites (N-methyl/N-ethyl adjacent to an activating group) is 1. The van der Waals surface area contributed by atoms with Gasteiger partial charge >= 0.3 is 0 Å². The molecule has 1 N–H and O–H groups in total. The number of amides is 1. The van der Waals surface area contributed by atoms with Crippen molar-refractivity contribution in [3.05, 3.63) is 35.4 Å². The number of likely N-dealkylation sites (tertiary alicyclic amines) is 1. The number of hydrogen-bond donors (Lipinski definition) is 1. The van der Waals surface area contributed by atoms with Crippen LogP contribution in [-0.4, -0.2) is 53.6 Å². The average Bonchev–Trinajstić information content (AvgIpc) is 2.58. The van der Waals surface area contributed by atoms with Crippen molar-refractivity contribution < 1.29 is 18.7 Å². The predicted octanol–water partition coefficient (Wildman–Crippen LogP) is 2.72. The number of halogens is 2.